The molecule has 0 saturated heterocycles. The summed E-state index contributed by atoms with van der Waals surface area (Å²) in [7, 11) is 1.58. The van der Waals surface area contributed by atoms with Crippen molar-refractivity contribution in [2.24, 2.45) is 0 Å². The average molecular weight is 370 g/mol. The van der Waals surface area contributed by atoms with Gasteiger partial charge in [0, 0.05) is 18.1 Å². The fourth-order valence-electron chi connectivity index (χ4n) is 1.79. The summed E-state index contributed by atoms with van der Waals surface area (Å²) in [6.07, 6.45) is 0. The highest BCUT2D eigenvalue weighted by atomic mass is 79.9. The van der Waals surface area contributed by atoms with E-state index < -0.39 is 11.6 Å². The number of hydrogen-bond donors (Lipinski definition) is 0. The predicted octanol–water partition coefficient (Wildman–Crippen LogP) is 3.76. The first-order chi connectivity index (χ1) is 10.5. The second kappa shape index (κ2) is 7.35. The molecule has 0 N–H and O–H groups in total. The van der Waals surface area contributed by atoms with Crippen LogP contribution < -0.4 is 4.74 Å². The molecule has 116 valence electrons. The number of nitrogens with zero attached hydrogens (tertiary/aromatic N) is 1. The molecule has 1 amide bonds. The fourth-order valence-corrected chi connectivity index (χ4v) is 2.05. The van der Waals surface area contributed by atoms with Gasteiger partial charge in [-0.1, -0.05) is 22.0 Å². The summed E-state index contributed by atoms with van der Waals surface area (Å²) in [6.45, 7) is 0.0571. The minimum absolute atomic E-state index is 0.123. The molecule has 0 heterocycles. The number of rotatable bonds is 5. The van der Waals surface area contributed by atoms with Crippen molar-refractivity contribution >= 4 is 21.8 Å². The van der Waals surface area contributed by atoms with Crippen molar-refractivity contribution in [3.63, 3.8) is 0 Å². The second-order valence-electron chi connectivity index (χ2n) is 4.74. The van der Waals surface area contributed by atoms with Gasteiger partial charge in [-0.2, -0.15) is 0 Å². The minimum Gasteiger partial charge on any atom is -0.484 e. The molecule has 0 unspecified atom stereocenters. The monoisotopic (exact) mass is 369 g/mol. The summed E-state index contributed by atoms with van der Waals surface area (Å²) in [5.41, 5.74) is 0.512. The summed E-state index contributed by atoms with van der Waals surface area (Å²) in [5.74, 6) is -1.51. The number of amides is 1. The molecular weight excluding hydrogens is 356 g/mol. The lowest BCUT2D eigenvalue weighted by atomic mass is 10.2. The smallest absolute Gasteiger partial charge is 0.260 e. The summed E-state index contributed by atoms with van der Waals surface area (Å²) in [4.78, 5) is 13.4. The molecule has 0 aliphatic carbocycles. The van der Waals surface area contributed by atoms with E-state index in [1.807, 2.05) is 12.1 Å². The van der Waals surface area contributed by atoms with Gasteiger partial charge in [-0.3, -0.25) is 4.79 Å². The van der Waals surface area contributed by atoms with Crippen molar-refractivity contribution in [1.82, 2.24) is 4.90 Å². The van der Waals surface area contributed by atoms with E-state index in [1.165, 1.54) is 11.0 Å². The fraction of sp³-hybridized carbons (Fsp3) is 0.188. The van der Waals surface area contributed by atoms with E-state index in [0.29, 0.717) is 11.3 Å². The van der Waals surface area contributed by atoms with Gasteiger partial charge in [0.05, 0.1) is 0 Å². The molecule has 2 rings (SSSR count). The predicted molar refractivity (Wildman–Crippen MR) is 82.5 cm³/mol. The molecule has 0 aliphatic heterocycles. The molecule has 0 radical (unpaired) electrons. The molecule has 6 heteroatoms. The first-order valence-corrected chi connectivity index (χ1v) is 7.31. The summed E-state index contributed by atoms with van der Waals surface area (Å²) >= 11 is 3.31. The van der Waals surface area contributed by atoms with Crippen LogP contribution in [0.1, 0.15) is 5.56 Å². The zero-order valence-electron chi connectivity index (χ0n) is 11.9. The van der Waals surface area contributed by atoms with E-state index in [9.17, 15) is 13.6 Å². The SMILES string of the molecule is CN(Cc1ccc(F)c(F)c1)C(=O)COc1ccc(Br)cc1. The van der Waals surface area contributed by atoms with Gasteiger partial charge < -0.3 is 9.64 Å². The molecule has 2 aromatic rings. The highest BCUT2D eigenvalue weighted by Gasteiger charge is 2.11. The lowest BCUT2D eigenvalue weighted by Gasteiger charge is -2.17. The Morgan fingerprint density at radius 3 is 2.45 bits per heavy atom. The standard InChI is InChI=1S/C16H14BrF2NO2/c1-20(9-11-2-7-14(18)15(19)8-11)16(21)10-22-13-5-3-12(17)4-6-13/h2-8H,9-10H2,1H3. The van der Waals surface area contributed by atoms with Crippen molar-refractivity contribution in [3.8, 4) is 5.75 Å². The Bertz CT molecular complexity index is 662. The summed E-state index contributed by atoms with van der Waals surface area (Å²) < 4.78 is 32.3. The van der Waals surface area contributed by atoms with Gasteiger partial charge in [0.15, 0.2) is 18.2 Å². The number of carbonyl (C=O) groups is 1. The van der Waals surface area contributed by atoms with Crippen LogP contribution in [0.5, 0.6) is 5.75 Å². The maximum absolute atomic E-state index is 13.1. The Morgan fingerprint density at radius 2 is 1.82 bits per heavy atom. The number of likely N-dealkylation sites (N-methyl/N-ethyl adjacent to an activating group) is 1. The maximum Gasteiger partial charge on any atom is 0.260 e. The van der Waals surface area contributed by atoms with Gasteiger partial charge in [0.25, 0.3) is 5.91 Å². The molecule has 3 nitrogen and oxygen atoms in total. The first kappa shape index (κ1) is 16.4. The molecule has 0 atom stereocenters. The van der Waals surface area contributed by atoms with Crippen LogP contribution in [0.15, 0.2) is 46.9 Å². The van der Waals surface area contributed by atoms with Crippen molar-refractivity contribution in [1.29, 1.82) is 0 Å². The summed E-state index contributed by atoms with van der Waals surface area (Å²) in [5, 5.41) is 0. The molecule has 0 spiro atoms. The van der Waals surface area contributed by atoms with Gasteiger partial charge >= 0.3 is 0 Å². The van der Waals surface area contributed by atoms with Crippen molar-refractivity contribution in [2.45, 2.75) is 6.54 Å². The Hall–Kier alpha value is -1.95. The Labute approximate surface area is 135 Å². The van der Waals surface area contributed by atoms with E-state index in [-0.39, 0.29) is 19.1 Å². The van der Waals surface area contributed by atoms with Gasteiger partial charge in [-0.15, -0.1) is 0 Å². The van der Waals surface area contributed by atoms with Crippen molar-refractivity contribution < 1.29 is 18.3 Å². The number of hydrogen-bond acceptors (Lipinski definition) is 2. The van der Waals surface area contributed by atoms with Gasteiger partial charge in [-0.05, 0) is 42.0 Å². The van der Waals surface area contributed by atoms with Gasteiger partial charge in [0.1, 0.15) is 5.75 Å². The number of ether oxygens (including phenoxy) is 1. The largest absolute Gasteiger partial charge is 0.484 e. The van der Waals surface area contributed by atoms with E-state index in [1.54, 1.807) is 19.2 Å². The molecular formula is C16H14BrF2NO2. The lowest BCUT2D eigenvalue weighted by molar-refractivity contribution is -0.132. The van der Waals surface area contributed by atoms with Crippen molar-refractivity contribution in [2.75, 3.05) is 13.7 Å². The molecule has 2 aromatic carbocycles. The highest BCUT2D eigenvalue weighted by molar-refractivity contribution is 9.10. The van der Waals surface area contributed by atoms with E-state index >= 15 is 0 Å². The minimum atomic E-state index is -0.926. The Morgan fingerprint density at radius 1 is 1.14 bits per heavy atom. The maximum atomic E-state index is 13.1. The summed E-state index contributed by atoms with van der Waals surface area (Å²) in [6, 6.07) is 10.7. The quantitative estimate of drug-likeness (QED) is 0.802. The zero-order chi connectivity index (χ0) is 16.1. The van der Waals surface area contributed by atoms with E-state index in [2.05, 4.69) is 15.9 Å². The lowest BCUT2D eigenvalue weighted by Crippen LogP contribution is -2.31. The van der Waals surface area contributed by atoms with E-state index in [0.717, 1.165) is 16.6 Å². The van der Waals surface area contributed by atoms with Crippen LogP contribution in [0.3, 0.4) is 0 Å². The van der Waals surface area contributed by atoms with Crippen LogP contribution in [0, 0.1) is 11.6 Å². The number of halogens is 3. The van der Waals surface area contributed by atoms with Gasteiger partial charge in [0.2, 0.25) is 0 Å². The molecule has 0 saturated carbocycles. The average Bonchev–Trinajstić information content (AvgIpc) is 2.50. The number of benzene rings is 2. The number of carbonyl (C=O) groups excluding carboxylic acids is 1. The molecule has 0 aliphatic rings. The molecule has 22 heavy (non-hydrogen) atoms. The van der Waals surface area contributed by atoms with Crippen LogP contribution in [0.25, 0.3) is 0 Å². The first-order valence-electron chi connectivity index (χ1n) is 6.52. The third-order valence-corrected chi connectivity index (χ3v) is 3.53. The third-order valence-electron chi connectivity index (χ3n) is 3.01. The van der Waals surface area contributed by atoms with E-state index in [4.69, 9.17) is 4.74 Å². The topological polar surface area (TPSA) is 29.5 Å². The van der Waals surface area contributed by atoms with Crippen LogP contribution in [0.4, 0.5) is 8.78 Å². The molecule has 0 aromatic heterocycles. The van der Waals surface area contributed by atoms with Gasteiger partial charge in [-0.25, -0.2) is 8.78 Å². The van der Waals surface area contributed by atoms with Crippen LogP contribution in [-0.4, -0.2) is 24.5 Å². The molecule has 0 fully saturated rings. The third kappa shape index (κ3) is 4.53. The van der Waals surface area contributed by atoms with Crippen molar-refractivity contribution in [3.05, 3.63) is 64.1 Å². The highest BCUT2D eigenvalue weighted by Crippen LogP contribution is 2.16. The van der Waals surface area contributed by atoms with Crippen LogP contribution >= 0.6 is 15.9 Å². The van der Waals surface area contributed by atoms with Crippen LogP contribution in [0.2, 0.25) is 0 Å². The second-order valence-corrected chi connectivity index (χ2v) is 5.66. The molecule has 0 bridgehead atoms. The van der Waals surface area contributed by atoms with Crippen LogP contribution in [-0.2, 0) is 11.3 Å². The zero-order valence-corrected chi connectivity index (χ0v) is 13.4. The normalized spacial score (nSPS) is 10.4. The Balaban J connectivity index is 1.88. The Kier molecular flexibility index (Phi) is 5.49.